The van der Waals surface area contributed by atoms with E-state index < -0.39 is 0 Å². The summed E-state index contributed by atoms with van der Waals surface area (Å²) in [6.07, 6.45) is 0. The van der Waals surface area contributed by atoms with Gasteiger partial charge in [0.15, 0.2) is 5.58 Å². The number of anilines is 1. The Morgan fingerprint density at radius 3 is 2.91 bits per heavy atom. The van der Waals surface area contributed by atoms with E-state index in [4.69, 9.17) is 16.1 Å². The summed E-state index contributed by atoms with van der Waals surface area (Å²) in [6.45, 7) is 2.29. The van der Waals surface area contributed by atoms with Gasteiger partial charge in [-0.15, -0.1) is 0 Å². The van der Waals surface area contributed by atoms with Crippen molar-refractivity contribution in [1.29, 1.82) is 0 Å². The van der Waals surface area contributed by atoms with E-state index in [1.165, 1.54) is 4.90 Å². The minimum Gasteiger partial charge on any atom is -0.356 e. The maximum Gasteiger partial charge on any atom is 0.321 e. The van der Waals surface area contributed by atoms with E-state index >= 15 is 0 Å². The molecule has 0 bridgehead atoms. The Kier molecular flexibility index (Phi) is 4.21. The molecule has 3 aromatic rings. The second-order valence-corrected chi connectivity index (χ2v) is 5.76. The van der Waals surface area contributed by atoms with Crippen LogP contribution in [0.25, 0.3) is 11.0 Å². The molecule has 0 atom stereocenters. The summed E-state index contributed by atoms with van der Waals surface area (Å²) in [6, 6.07) is 12.7. The fourth-order valence-electron chi connectivity index (χ4n) is 2.31. The zero-order valence-electron chi connectivity index (χ0n) is 12.8. The Hall–Kier alpha value is -2.53. The van der Waals surface area contributed by atoms with Crippen molar-refractivity contribution >= 4 is 34.3 Å². The zero-order chi connectivity index (χ0) is 16.4. The molecule has 1 aromatic heterocycles. The lowest BCUT2D eigenvalue weighted by molar-refractivity contribution is 0.247. The molecule has 0 saturated heterocycles. The van der Waals surface area contributed by atoms with Crippen LogP contribution in [0, 0.1) is 6.92 Å². The SMILES string of the molecule is Cc1ccc2onc(CNC(=O)N(C)c3cccc(Cl)c3)c2c1. The fraction of sp³-hybridized carbons (Fsp3) is 0.176. The van der Waals surface area contributed by atoms with Gasteiger partial charge in [0.2, 0.25) is 0 Å². The maximum absolute atomic E-state index is 12.3. The predicted molar refractivity (Wildman–Crippen MR) is 90.8 cm³/mol. The normalized spacial score (nSPS) is 10.7. The van der Waals surface area contributed by atoms with Crippen LogP contribution >= 0.6 is 11.6 Å². The number of carbonyl (C=O) groups is 1. The molecule has 1 heterocycles. The Morgan fingerprint density at radius 1 is 1.30 bits per heavy atom. The quantitative estimate of drug-likeness (QED) is 0.785. The van der Waals surface area contributed by atoms with Gasteiger partial charge in [0.05, 0.1) is 6.54 Å². The number of fused-ring (bicyclic) bond motifs is 1. The number of hydrogen-bond acceptors (Lipinski definition) is 3. The average molecular weight is 330 g/mol. The molecule has 6 heteroatoms. The molecule has 0 aliphatic rings. The lowest BCUT2D eigenvalue weighted by Gasteiger charge is -2.17. The Balaban J connectivity index is 1.72. The van der Waals surface area contributed by atoms with Crippen molar-refractivity contribution in [2.45, 2.75) is 13.5 Å². The average Bonchev–Trinajstić information content (AvgIpc) is 2.94. The van der Waals surface area contributed by atoms with E-state index in [1.54, 1.807) is 25.2 Å². The number of benzene rings is 2. The second-order valence-electron chi connectivity index (χ2n) is 5.33. The third kappa shape index (κ3) is 3.29. The minimum atomic E-state index is -0.240. The molecule has 3 rings (SSSR count). The number of hydrogen-bond donors (Lipinski definition) is 1. The molecule has 23 heavy (non-hydrogen) atoms. The smallest absolute Gasteiger partial charge is 0.321 e. The zero-order valence-corrected chi connectivity index (χ0v) is 13.6. The topological polar surface area (TPSA) is 58.4 Å². The molecule has 0 spiro atoms. The van der Waals surface area contributed by atoms with Crippen molar-refractivity contribution < 1.29 is 9.32 Å². The first kappa shape index (κ1) is 15.4. The summed E-state index contributed by atoms with van der Waals surface area (Å²) in [5, 5.41) is 8.36. The molecule has 2 amide bonds. The van der Waals surface area contributed by atoms with Crippen molar-refractivity contribution in [3.8, 4) is 0 Å². The molecule has 118 valence electrons. The molecule has 0 radical (unpaired) electrons. The van der Waals surface area contributed by atoms with Crippen LogP contribution < -0.4 is 10.2 Å². The largest absolute Gasteiger partial charge is 0.356 e. The van der Waals surface area contributed by atoms with Crippen LogP contribution in [0.1, 0.15) is 11.3 Å². The van der Waals surface area contributed by atoms with E-state index in [0.717, 1.165) is 16.6 Å². The van der Waals surface area contributed by atoms with E-state index in [0.29, 0.717) is 22.8 Å². The predicted octanol–water partition coefficient (Wildman–Crippen LogP) is 4.14. The number of nitrogens with zero attached hydrogens (tertiary/aromatic N) is 2. The molecule has 0 aliphatic heterocycles. The van der Waals surface area contributed by atoms with Gasteiger partial charge < -0.3 is 9.84 Å². The number of nitrogens with one attached hydrogen (secondary N) is 1. The van der Waals surface area contributed by atoms with E-state index in [9.17, 15) is 4.79 Å². The Morgan fingerprint density at radius 2 is 2.13 bits per heavy atom. The highest BCUT2D eigenvalue weighted by Gasteiger charge is 2.13. The van der Waals surface area contributed by atoms with Gasteiger partial charge in [0.25, 0.3) is 0 Å². The number of aromatic nitrogens is 1. The number of halogens is 1. The van der Waals surface area contributed by atoms with Gasteiger partial charge in [-0.1, -0.05) is 34.5 Å². The molecule has 0 unspecified atom stereocenters. The van der Waals surface area contributed by atoms with Crippen molar-refractivity contribution in [1.82, 2.24) is 10.5 Å². The van der Waals surface area contributed by atoms with Crippen LogP contribution in [0.4, 0.5) is 10.5 Å². The third-order valence-corrected chi connectivity index (χ3v) is 3.84. The Labute approximate surface area is 138 Å². The standard InChI is InChI=1S/C17H16ClN3O2/c1-11-6-7-16-14(8-11)15(20-23-16)10-19-17(22)21(2)13-5-3-4-12(18)9-13/h3-9H,10H2,1-2H3,(H,19,22). The minimum absolute atomic E-state index is 0.240. The van der Waals surface area contributed by atoms with Crippen molar-refractivity contribution in [2.24, 2.45) is 0 Å². The highest BCUT2D eigenvalue weighted by atomic mass is 35.5. The van der Waals surface area contributed by atoms with Gasteiger partial charge in [-0.25, -0.2) is 4.79 Å². The maximum atomic E-state index is 12.3. The van der Waals surface area contributed by atoms with Gasteiger partial charge in [-0.3, -0.25) is 4.90 Å². The number of carbonyl (C=O) groups excluding carboxylic acids is 1. The number of urea groups is 1. The molecule has 1 N–H and O–H groups in total. The summed E-state index contributed by atoms with van der Waals surface area (Å²) in [4.78, 5) is 13.8. The first-order chi connectivity index (χ1) is 11.0. The van der Waals surface area contributed by atoms with Crippen LogP contribution in [0.2, 0.25) is 5.02 Å². The lowest BCUT2D eigenvalue weighted by atomic mass is 10.1. The fourth-order valence-corrected chi connectivity index (χ4v) is 2.49. The number of rotatable bonds is 3. The molecule has 2 aromatic carbocycles. The first-order valence-corrected chi connectivity index (χ1v) is 7.54. The molecule has 5 nitrogen and oxygen atoms in total. The number of aryl methyl sites for hydroxylation is 1. The first-order valence-electron chi connectivity index (χ1n) is 7.16. The van der Waals surface area contributed by atoms with Crippen LogP contribution in [0.15, 0.2) is 47.0 Å². The van der Waals surface area contributed by atoms with Crippen LogP contribution in [0.5, 0.6) is 0 Å². The second kappa shape index (κ2) is 6.30. The summed E-state index contributed by atoms with van der Waals surface area (Å²) in [5.41, 5.74) is 3.25. The van der Waals surface area contributed by atoms with Crippen LogP contribution in [-0.4, -0.2) is 18.2 Å². The Bertz CT molecular complexity index is 860. The van der Waals surface area contributed by atoms with Crippen molar-refractivity contribution in [3.63, 3.8) is 0 Å². The van der Waals surface area contributed by atoms with E-state index in [1.807, 2.05) is 31.2 Å². The number of amides is 2. The molecule has 0 saturated carbocycles. The van der Waals surface area contributed by atoms with Crippen molar-refractivity contribution in [3.05, 3.63) is 58.7 Å². The van der Waals surface area contributed by atoms with Crippen LogP contribution in [-0.2, 0) is 6.54 Å². The van der Waals surface area contributed by atoms with Gasteiger partial charge in [0, 0.05) is 23.1 Å². The third-order valence-electron chi connectivity index (χ3n) is 3.61. The summed E-state index contributed by atoms with van der Waals surface area (Å²) >= 11 is 5.95. The van der Waals surface area contributed by atoms with Gasteiger partial charge in [-0.2, -0.15) is 0 Å². The van der Waals surface area contributed by atoms with Gasteiger partial charge >= 0.3 is 6.03 Å². The van der Waals surface area contributed by atoms with Gasteiger partial charge in [-0.05, 0) is 37.3 Å². The summed E-state index contributed by atoms with van der Waals surface area (Å²) in [7, 11) is 1.69. The molecule has 0 fully saturated rings. The monoisotopic (exact) mass is 329 g/mol. The summed E-state index contributed by atoms with van der Waals surface area (Å²) < 4.78 is 5.26. The lowest BCUT2D eigenvalue weighted by Crippen LogP contribution is -2.36. The highest BCUT2D eigenvalue weighted by molar-refractivity contribution is 6.30. The summed E-state index contributed by atoms with van der Waals surface area (Å²) in [5.74, 6) is 0. The molecular weight excluding hydrogens is 314 g/mol. The molecule has 0 aliphatic carbocycles. The molecular formula is C17H16ClN3O2. The van der Waals surface area contributed by atoms with Gasteiger partial charge in [0.1, 0.15) is 5.69 Å². The van der Waals surface area contributed by atoms with E-state index in [2.05, 4.69) is 10.5 Å². The van der Waals surface area contributed by atoms with E-state index in [-0.39, 0.29) is 6.03 Å². The van der Waals surface area contributed by atoms with Crippen molar-refractivity contribution in [2.75, 3.05) is 11.9 Å². The van der Waals surface area contributed by atoms with Crippen LogP contribution in [0.3, 0.4) is 0 Å². The highest BCUT2D eigenvalue weighted by Crippen LogP contribution is 2.20.